The van der Waals surface area contributed by atoms with Gasteiger partial charge < -0.3 is 5.11 Å². The third kappa shape index (κ3) is 3.71. The van der Waals surface area contributed by atoms with Gasteiger partial charge in [0.05, 0.1) is 11.4 Å². The van der Waals surface area contributed by atoms with Crippen molar-refractivity contribution in [3.8, 4) is 28.3 Å². The number of phenols is 1. The maximum atomic E-state index is 13.4. The molecule has 4 aromatic rings. The van der Waals surface area contributed by atoms with Crippen LogP contribution in [0, 0.1) is 5.82 Å². The molecule has 0 saturated heterocycles. The van der Waals surface area contributed by atoms with Gasteiger partial charge in [-0.25, -0.2) is 9.37 Å². The van der Waals surface area contributed by atoms with Crippen LogP contribution in [0.1, 0.15) is 5.56 Å². The molecule has 0 aliphatic carbocycles. The smallest absolute Gasteiger partial charge is 0.123 e. The Morgan fingerprint density at radius 2 is 1.67 bits per heavy atom. The van der Waals surface area contributed by atoms with Crippen LogP contribution in [0.2, 0.25) is 0 Å². The molecule has 2 aromatic carbocycles. The second-order valence-corrected chi connectivity index (χ2v) is 6.85. The molecule has 0 atom stereocenters. The van der Waals surface area contributed by atoms with E-state index < -0.39 is 0 Å². The number of para-hydroxylation sites is 1. The number of nitrogens with zero attached hydrogens (tertiary/aromatic N) is 3. The average molecular weight is 377 g/mol. The van der Waals surface area contributed by atoms with Crippen molar-refractivity contribution in [1.29, 1.82) is 0 Å². The van der Waals surface area contributed by atoms with Gasteiger partial charge in [0.2, 0.25) is 0 Å². The van der Waals surface area contributed by atoms with Crippen LogP contribution in [-0.2, 0) is 5.75 Å². The number of hydrogen-bond donors (Lipinski definition) is 1. The SMILES string of the molecule is Oc1ccccc1CSn1cnc(-c2ccncc2)c1-c1ccc(F)cc1. The molecule has 0 aliphatic rings. The lowest BCUT2D eigenvalue weighted by molar-refractivity contribution is 0.470. The van der Waals surface area contributed by atoms with Gasteiger partial charge in [-0.3, -0.25) is 8.96 Å². The van der Waals surface area contributed by atoms with Gasteiger partial charge in [-0.05, 0) is 54.4 Å². The van der Waals surface area contributed by atoms with E-state index in [-0.39, 0.29) is 11.6 Å². The summed E-state index contributed by atoms with van der Waals surface area (Å²) in [6.45, 7) is 0. The highest BCUT2D eigenvalue weighted by atomic mass is 32.2. The molecule has 2 heterocycles. The third-order valence-corrected chi connectivity index (χ3v) is 5.15. The summed E-state index contributed by atoms with van der Waals surface area (Å²) in [6.07, 6.45) is 5.19. The number of aromatic nitrogens is 3. The van der Waals surface area contributed by atoms with Crippen LogP contribution in [0.15, 0.2) is 79.4 Å². The molecule has 4 nitrogen and oxygen atoms in total. The number of phenolic OH excluding ortho intramolecular Hbond substituents is 1. The zero-order valence-corrected chi connectivity index (χ0v) is 15.1. The van der Waals surface area contributed by atoms with Crippen LogP contribution >= 0.6 is 11.9 Å². The summed E-state index contributed by atoms with van der Waals surface area (Å²) in [5, 5.41) is 10.0. The number of pyridine rings is 1. The van der Waals surface area contributed by atoms with Gasteiger partial charge in [-0.15, -0.1) is 0 Å². The van der Waals surface area contributed by atoms with Crippen molar-refractivity contribution in [2.45, 2.75) is 5.75 Å². The quantitative estimate of drug-likeness (QED) is 0.522. The van der Waals surface area contributed by atoms with E-state index in [0.717, 1.165) is 28.1 Å². The first kappa shape index (κ1) is 17.3. The molecule has 2 aromatic heterocycles. The van der Waals surface area contributed by atoms with Crippen molar-refractivity contribution in [2.24, 2.45) is 0 Å². The van der Waals surface area contributed by atoms with Crippen molar-refractivity contribution in [3.05, 3.63) is 90.8 Å². The highest BCUT2D eigenvalue weighted by Crippen LogP contribution is 2.35. The predicted molar refractivity (Wildman–Crippen MR) is 106 cm³/mol. The topological polar surface area (TPSA) is 50.9 Å². The highest BCUT2D eigenvalue weighted by molar-refractivity contribution is 7.97. The van der Waals surface area contributed by atoms with Gasteiger partial charge >= 0.3 is 0 Å². The van der Waals surface area contributed by atoms with E-state index in [1.54, 1.807) is 43.0 Å². The molecule has 0 radical (unpaired) electrons. The Bertz CT molecular complexity index is 1050. The summed E-state index contributed by atoms with van der Waals surface area (Å²) in [5.41, 5.74) is 4.32. The molecular formula is C21H16FN3OS. The first-order chi connectivity index (χ1) is 13.2. The summed E-state index contributed by atoms with van der Waals surface area (Å²) in [7, 11) is 0. The Morgan fingerprint density at radius 1 is 0.926 bits per heavy atom. The minimum absolute atomic E-state index is 0.266. The van der Waals surface area contributed by atoms with E-state index in [2.05, 4.69) is 9.97 Å². The molecule has 6 heteroatoms. The molecule has 27 heavy (non-hydrogen) atoms. The first-order valence-corrected chi connectivity index (χ1v) is 9.30. The normalized spacial score (nSPS) is 10.9. The Hall–Kier alpha value is -3.12. The molecule has 0 aliphatic heterocycles. The van der Waals surface area contributed by atoms with Crippen molar-refractivity contribution >= 4 is 11.9 Å². The lowest BCUT2D eigenvalue weighted by Crippen LogP contribution is -1.93. The fourth-order valence-corrected chi connectivity index (χ4v) is 3.75. The number of rotatable bonds is 5. The zero-order chi connectivity index (χ0) is 18.6. The van der Waals surface area contributed by atoms with E-state index in [9.17, 15) is 9.50 Å². The third-order valence-electron chi connectivity index (χ3n) is 4.16. The average Bonchev–Trinajstić information content (AvgIpc) is 3.12. The first-order valence-electron chi connectivity index (χ1n) is 8.36. The van der Waals surface area contributed by atoms with Crippen molar-refractivity contribution in [3.63, 3.8) is 0 Å². The van der Waals surface area contributed by atoms with Crippen LogP contribution in [-0.4, -0.2) is 19.0 Å². The summed E-state index contributed by atoms with van der Waals surface area (Å²) >= 11 is 1.51. The van der Waals surface area contributed by atoms with Gasteiger partial charge in [-0.1, -0.05) is 18.2 Å². The summed E-state index contributed by atoms with van der Waals surface area (Å²) in [5.74, 6) is 0.562. The lowest BCUT2D eigenvalue weighted by atomic mass is 10.1. The zero-order valence-electron chi connectivity index (χ0n) is 14.3. The molecule has 0 amide bonds. The Kier molecular flexibility index (Phi) is 4.89. The largest absolute Gasteiger partial charge is 0.508 e. The monoisotopic (exact) mass is 377 g/mol. The van der Waals surface area contributed by atoms with Crippen molar-refractivity contribution < 1.29 is 9.50 Å². The summed E-state index contributed by atoms with van der Waals surface area (Å²) in [4.78, 5) is 8.64. The Balaban J connectivity index is 1.74. The molecule has 4 rings (SSSR count). The van der Waals surface area contributed by atoms with E-state index >= 15 is 0 Å². The molecule has 0 bridgehead atoms. The van der Waals surface area contributed by atoms with Crippen molar-refractivity contribution in [1.82, 2.24) is 13.9 Å². The van der Waals surface area contributed by atoms with E-state index in [4.69, 9.17) is 0 Å². The number of hydrogen-bond acceptors (Lipinski definition) is 4. The second-order valence-electron chi connectivity index (χ2n) is 5.91. The summed E-state index contributed by atoms with van der Waals surface area (Å²) in [6, 6.07) is 17.4. The molecule has 0 fully saturated rings. The van der Waals surface area contributed by atoms with E-state index in [1.807, 2.05) is 28.2 Å². The summed E-state index contributed by atoms with van der Waals surface area (Å²) < 4.78 is 15.4. The van der Waals surface area contributed by atoms with Crippen LogP contribution < -0.4 is 0 Å². The van der Waals surface area contributed by atoms with Crippen LogP contribution in [0.25, 0.3) is 22.5 Å². The number of imidazole rings is 1. The van der Waals surface area contributed by atoms with Gasteiger partial charge in [0.25, 0.3) is 0 Å². The highest BCUT2D eigenvalue weighted by Gasteiger charge is 2.16. The van der Waals surface area contributed by atoms with Gasteiger partial charge in [0.15, 0.2) is 0 Å². The molecule has 0 spiro atoms. The van der Waals surface area contributed by atoms with Gasteiger partial charge in [-0.2, -0.15) is 0 Å². The predicted octanol–water partition coefficient (Wildman–Crippen LogP) is 5.15. The lowest BCUT2D eigenvalue weighted by Gasteiger charge is -2.10. The van der Waals surface area contributed by atoms with Crippen molar-refractivity contribution in [2.75, 3.05) is 0 Å². The molecule has 0 unspecified atom stereocenters. The number of aromatic hydroxyl groups is 1. The Morgan fingerprint density at radius 3 is 2.41 bits per heavy atom. The number of benzene rings is 2. The molecule has 0 saturated carbocycles. The molecule has 134 valence electrons. The molecular weight excluding hydrogens is 361 g/mol. The van der Waals surface area contributed by atoms with Crippen LogP contribution in [0.3, 0.4) is 0 Å². The van der Waals surface area contributed by atoms with E-state index in [0.29, 0.717) is 5.75 Å². The Labute approximate surface area is 160 Å². The van der Waals surface area contributed by atoms with Crippen LogP contribution in [0.5, 0.6) is 5.75 Å². The van der Waals surface area contributed by atoms with Crippen LogP contribution in [0.4, 0.5) is 4.39 Å². The fourth-order valence-electron chi connectivity index (χ4n) is 2.80. The minimum Gasteiger partial charge on any atom is -0.508 e. The van der Waals surface area contributed by atoms with Gasteiger partial charge in [0, 0.05) is 34.8 Å². The molecule has 1 N–H and O–H groups in total. The standard InChI is InChI=1S/C21H16FN3OS/c22-18-7-5-16(6-8-18)21-20(15-9-11-23-12-10-15)24-14-25(21)27-13-17-3-1-2-4-19(17)26/h1-12,14,26H,13H2. The maximum Gasteiger partial charge on any atom is 0.123 e. The minimum atomic E-state index is -0.280. The second kappa shape index (κ2) is 7.63. The fraction of sp³-hybridized carbons (Fsp3) is 0.0476. The van der Waals surface area contributed by atoms with E-state index in [1.165, 1.54) is 24.1 Å². The maximum absolute atomic E-state index is 13.4. The number of halogens is 1. The van der Waals surface area contributed by atoms with Gasteiger partial charge in [0.1, 0.15) is 17.9 Å².